The van der Waals surface area contributed by atoms with Gasteiger partial charge in [-0.15, -0.1) is 0 Å². The second kappa shape index (κ2) is 6.84. The van der Waals surface area contributed by atoms with Crippen LogP contribution in [0.4, 0.5) is 4.39 Å². The molecule has 5 nitrogen and oxygen atoms in total. The van der Waals surface area contributed by atoms with Crippen LogP contribution >= 0.6 is 11.8 Å². The first kappa shape index (κ1) is 15.7. The second-order valence-corrected chi connectivity index (χ2v) is 5.72. The van der Waals surface area contributed by atoms with E-state index in [1.54, 1.807) is 12.1 Å². The monoisotopic (exact) mass is 310 g/mol. The normalized spacial score (nSPS) is 13.9. The van der Waals surface area contributed by atoms with Gasteiger partial charge in [0, 0.05) is 23.8 Å². The van der Waals surface area contributed by atoms with Crippen molar-refractivity contribution in [1.82, 2.24) is 10.2 Å². The molecule has 0 saturated carbocycles. The molecule has 2 atom stereocenters. The first-order valence-electron chi connectivity index (χ1n) is 6.27. The Balaban J connectivity index is 2.21. The summed E-state index contributed by atoms with van der Waals surface area (Å²) < 4.78 is 13.3. The van der Waals surface area contributed by atoms with E-state index in [0.717, 1.165) is 11.8 Å². The van der Waals surface area contributed by atoms with Gasteiger partial charge in [-0.2, -0.15) is 5.10 Å². The van der Waals surface area contributed by atoms with E-state index < -0.39 is 18.0 Å². The minimum atomic E-state index is -1.21. The molecule has 0 aliphatic heterocycles. The molecule has 1 heterocycles. The number of aliphatic hydroxyl groups excluding tert-OH is 2. The molecule has 2 aromatic rings. The summed E-state index contributed by atoms with van der Waals surface area (Å²) in [5, 5.41) is 26.5. The van der Waals surface area contributed by atoms with Crippen LogP contribution in [-0.2, 0) is 4.79 Å². The van der Waals surface area contributed by atoms with Gasteiger partial charge in [0.15, 0.2) is 5.12 Å². The zero-order chi connectivity index (χ0) is 15.4. The molecule has 2 unspecified atom stereocenters. The maximum absolute atomic E-state index is 13.3. The number of carbonyl (C=O) groups excluding carboxylic acids is 1. The number of aliphatic hydroxyl groups is 2. The van der Waals surface area contributed by atoms with Crippen molar-refractivity contribution in [3.05, 3.63) is 41.8 Å². The average molecular weight is 310 g/mol. The van der Waals surface area contributed by atoms with Gasteiger partial charge in [-0.1, -0.05) is 23.9 Å². The summed E-state index contributed by atoms with van der Waals surface area (Å²) in [6, 6.07) is 5.84. The van der Waals surface area contributed by atoms with Crippen molar-refractivity contribution in [2.75, 3.05) is 5.75 Å². The number of aromatic amines is 1. The molecule has 0 fully saturated rings. The van der Waals surface area contributed by atoms with E-state index in [2.05, 4.69) is 10.2 Å². The number of nitrogens with zero attached hydrogens (tertiary/aromatic N) is 1. The molecule has 0 radical (unpaired) electrons. The summed E-state index contributed by atoms with van der Waals surface area (Å²) in [6.45, 7) is 1.39. The van der Waals surface area contributed by atoms with E-state index in [4.69, 9.17) is 0 Å². The van der Waals surface area contributed by atoms with E-state index in [-0.39, 0.29) is 10.9 Å². The van der Waals surface area contributed by atoms with Crippen LogP contribution in [0.2, 0.25) is 0 Å². The van der Waals surface area contributed by atoms with Gasteiger partial charge in [-0.3, -0.25) is 9.89 Å². The van der Waals surface area contributed by atoms with Crippen LogP contribution in [0.25, 0.3) is 11.3 Å². The lowest BCUT2D eigenvalue weighted by molar-refractivity contribution is -0.109. The molecule has 1 aromatic carbocycles. The van der Waals surface area contributed by atoms with Crippen LogP contribution in [0, 0.1) is 5.82 Å². The lowest BCUT2D eigenvalue weighted by Gasteiger charge is -2.17. The Hall–Kier alpha value is -1.70. The quantitative estimate of drug-likeness (QED) is 0.785. The zero-order valence-corrected chi connectivity index (χ0v) is 12.1. The van der Waals surface area contributed by atoms with Crippen LogP contribution in [0.1, 0.15) is 18.6 Å². The highest BCUT2D eigenvalue weighted by atomic mass is 32.2. The van der Waals surface area contributed by atoms with Gasteiger partial charge in [0.05, 0.1) is 18.0 Å². The SMILES string of the molecule is CC(=O)SCC(O)C(O)c1cn[nH]c1-c1cccc(F)c1. The van der Waals surface area contributed by atoms with Crippen LogP contribution in [-0.4, -0.2) is 37.4 Å². The second-order valence-electron chi connectivity index (χ2n) is 4.53. The highest BCUT2D eigenvalue weighted by molar-refractivity contribution is 8.13. The molecule has 2 rings (SSSR count). The van der Waals surface area contributed by atoms with Crippen LogP contribution in [0.5, 0.6) is 0 Å². The van der Waals surface area contributed by atoms with Gasteiger partial charge in [-0.05, 0) is 12.1 Å². The molecule has 3 N–H and O–H groups in total. The number of nitrogens with one attached hydrogen (secondary N) is 1. The third-order valence-electron chi connectivity index (χ3n) is 2.92. The van der Waals surface area contributed by atoms with Gasteiger partial charge in [0.1, 0.15) is 11.9 Å². The standard InChI is InChI=1S/C14H15FN2O3S/c1-8(18)21-7-12(19)14(20)11-6-16-17-13(11)9-3-2-4-10(15)5-9/h2-6,12,14,19-20H,7H2,1H3,(H,16,17). The molecular formula is C14H15FN2O3S. The largest absolute Gasteiger partial charge is 0.389 e. The van der Waals surface area contributed by atoms with Crippen LogP contribution in [0.15, 0.2) is 30.5 Å². The van der Waals surface area contributed by atoms with Crippen molar-refractivity contribution in [2.45, 2.75) is 19.1 Å². The topological polar surface area (TPSA) is 86.2 Å². The molecule has 112 valence electrons. The number of aromatic nitrogens is 2. The van der Waals surface area contributed by atoms with Crippen molar-refractivity contribution in [3.8, 4) is 11.3 Å². The zero-order valence-electron chi connectivity index (χ0n) is 11.3. The predicted octanol–water partition coefficient (Wildman–Crippen LogP) is 1.89. The number of hydrogen-bond acceptors (Lipinski definition) is 5. The molecular weight excluding hydrogens is 295 g/mol. The Morgan fingerprint density at radius 1 is 1.48 bits per heavy atom. The van der Waals surface area contributed by atoms with E-state index in [1.165, 1.54) is 25.3 Å². The minimum Gasteiger partial charge on any atom is -0.389 e. The van der Waals surface area contributed by atoms with E-state index in [9.17, 15) is 19.4 Å². The average Bonchev–Trinajstić information content (AvgIpc) is 2.93. The first-order chi connectivity index (χ1) is 9.99. The van der Waals surface area contributed by atoms with E-state index >= 15 is 0 Å². The third kappa shape index (κ3) is 3.90. The van der Waals surface area contributed by atoms with Crippen molar-refractivity contribution in [1.29, 1.82) is 0 Å². The molecule has 1 aromatic heterocycles. The van der Waals surface area contributed by atoms with Crippen molar-refractivity contribution < 1.29 is 19.4 Å². The summed E-state index contributed by atoms with van der Waals surface area (Å²) in [7, 11) is 0. The summed E-state index contributed by atoms with van der Waals surface area (Å²) in [6.07, 6.45) is -0.954. The van der Waals surface area contributed by atoms with Gasteiger partial charge < -0.3 is 10.2 Å². The van der Waals surface area contributed by atoms with Crippen molar-refractivity contribution in [2.24, 2.45) is 0 Å². The molecule has 0 amide bonds. The molecule has 21 heavy (non-hydrogen) atoms. The third-order valence-corrected chi connectivity index (χ3v) is 3.84. The Labute approximate surface area is 125 Å². The number of benzene rings is 1. The number of carbonyl (C=O) groups is 1. The maximum Gasteiger partial charge on any atom is 0.185 e. The minimum absolute atomic E-state index is 0.0737. The maximum atomic E-state index is 13.3. The number of thioether (sulfide) groups is 1. The summed E-state index contributed by atoms with van der Waals surface area (Å²) >= 11 is 0.930. The molecule has 0 spiro atoms. The molecule has 0 bridgehead atoms. The molecule has 0 saturated heterocycles. The number of hydrogen-bond donors (Lipinski definition) is 3. The molecule has 0 aliphatic carbocycles. The highest BCUT2D eigenvalue weighted by Gasteiger charge is 2.24. The summed E-state index contributed by atoms with van der Waals surface area (Å²) in [5.41, 5.74) is 1.32. The lowest BCUT2D eigenvalue weighted by atomic mass is 10.0. The van der Waals surface area contributed by atoms with Crippen LogP contribution < -0.4 is 0 Å². The molecule has 0 aliphatic rings. The number of H-pyrrole nitrogens is 1. The van der Waals surface area contributed by atoms with Gasteiger partial charge in [-0.25, -0.2) is 4.39 Å². The van der Waals surface area contributed by atoms with Gasteiger partial charge in [0.2, 0.25) is 0 Å². The number of rotatable bonds is 5. The summed E-state index contributed by atoms with van der Waals surface area (Å²) in [5.74, 6) is -0.334. The van der Waals surface area contributed by atoms with Gasteiger partial charge in [0.25, 0.3) is 0 Å². The lowest BCUT2D eigenvalue weighted by Crippen LogP contribution is -2.21. The number of halogens is 1. The van der Waals surface area contributed by atoms with E-state index in [0.29, 0.717) is 16.8 Å². The van der Waals surface area contributed by atoms with Crippen LogP contribution in [0.3, 0.4) is 0 Å². The first-order valence-corrected chi connectivity index (χ1v) is 7.26. The summed E-state index contributed by atoms with van der Waals surface area (Å²) in [4.78, 5) is 10.9. The fourth-order valence-electron chi connectivity index (χ4n) is 1.90. The van der Waals surface area contributed by atoms with Crippen molar-refractivity contribution >= 4 is 16.9 Å². The van der Waals surface area contributed by atoms with Crippen molar-refractivity contribution in [3.63, 3.8) is 0 Å². The van der Waals surface area contributed by atoms with Gasteiger partial charge >= 0.3 is 0 Å². The predicted molar refractivity (Wildman–Crippen MR) is 78.1 cm³/mol. The highest BCUT2D eigenvalue weighted by Crippen LogP contribution is 2.29. The Morgan fingerprint density at radius 2 is 2.24 bits per heavy atom. The smallest absolute Gasteiger partial charge is 0.185 e. The Morgan fingerprint density at radius 3 is 2.90 bits per heavy atom. The van der Waals surface area contributed by atoms with E-state index in [1.807, 2.05) is 0 Å². The molecule has 7 heteroatoms. The Bertz CT molecular complexity index is 632. The fraction of sp³-hybridized carbons (Fsp3) is 0.286. The fourth-order valence-corrected chi connectivity index (χ4v) is 2.48. The Kier molecular flexibility index (Phi) is 5.11.